The lowest BCUT2D eigenvalue weighted by Crippen LogP contribution is -2.46. The minimum Gasteiger partial charge on any atom is -0.480 e. The van der Waals surface area contributed by atoms with Crippen LogP contribution in [0.15, 0.2) is 10.6 Å². The molecule has 0 unspecified atom stereocenters. The van der Waals surface area contributed by atoms with E-state index in [1.807, 2.05) is 20.8 Å². The van der Waals surface area contributed by atoms with Crippen molar-refractivity contribution in [3.8, 4) is 0 Å². The van der Waals surface area contributed by atoms with Gasteiger partial charge in [0.15, 0.2) is 0 Å². The van der Waals surface area contributed by atoms with Crippen molar-refractivity contribution < 1.29 is 19.1 Å². The average molecular weight is 283 g/mol. The molecule has 1 rings (SSSR count). The number of rotatable bonds is 7. The smallest absolute Gasteiger partial charge is 0.326 e. The maximum Gasteiger partial charge on any atom is 0.326 e. The van der Waals surface area contributed by atoms with E-state index < -0.39 is 18.0 Å². The summed E-state index contributed by atoms with van der Waals surface area (Å²) in [6, 6.07) is -1.44. The molecule has 7 nitrogen and oxygen atoms in total. The van der Waals surface area contributed by atoms with Crippen LogP contribution in [0.25, 0.3) is 0 Å². The van der Waals surface area contributed by atoms with Gasteiger partial charge in [-0.3, -0.25) is 0 Å². The van der Waals surface area contributed by atoms with Crippen molar-refractivity contribution in [1.82, 2.24) is 15.6 Å². The number of urea groups is 1. The molecule has 0 bridgehead atoms. The predicted octanol–water partition coefficient (Wildman–Crippen LogP) is 1.54. The van der Waals surface area contributed by atoms with Crippen LogP contribution in [-0.2, 0) is 17.8 Å². The molecule has 2 amide bonds. The first-order valence-electron chi connectivity index (χ1n) is 6.63. The van der Waals surface area contributed by atoms with Crippen molar-refractivity contribution in [3.05, 3.63) is 17.8 Å². The molecule has 0 aromatic carbocycles. The van der Waals surface area contributed by atoms with Gasteiger partial charge in [-0.2, -0.15) is 0 Å². The number of nitrogens with zero attached hydrogens (tertiary/aromatic N) is 1. The van der Waals surface area contributed by atoms with Gasteiger partial charge in [0.1, 0.15) is 11.8 Å². The van der Waals surface area contributed by atoms with Crippen LogP contribution in [0.1, 0.15) is 38.8 Å². The quantitative estimate of drug-likeness (QED) is 0.704. The molecular weight excluding hydrogens is 262 g/mol. The lowest BCUT2D eigenvalue weighted by atomic mass is 10.0. The molecule has 0 fully saturated rings. The van der Waals surface area contributed by atoms with E-state index in [4.69, 9.17) is 9.52 Å². The Kier molecular flexibility index (Phi) is 6.02. The first kappa shape index (κ1) is 16.0. The van der Waals surface area contributed by atoms with Crippen molar-refractivity contribution in [2.45, 2.75) is 46.2 Å². The molecule has 0 aliphatic rings. The summed E-state index contributed by atoms with van der Waals surface area (Å²) < 4.78 is 5.33. The van der Waals surface area contributed by atoms with Crippen LogP contribution in [0.2, 0.25) is 0 Å². The maximum atomic E-state index is 11.6. The normalized spacial score (nSPS) is 12.2. The molecule has 0 aliphatic heterocycles. The second-order valence-corrected chi connectivity index (χ2v) is 4.92. The summed E-state index contributed by atoms with van der Waals surface area (Å²) in [6.07, 6.45) is 2.71. The SMILES string of the molecule is CCc1cnc(CNC(=O)N[C@H](CC(C)C)C(=O)O)o1. The number of carbonyl (C=O) groups excluding carboxylic acids is 1. The Balaban J connectivity index is 2.43. The molecule has 1 heterocycles. The van der Waals surface area contributed by atoms with Gasteiger partial charge < -0.3 is 20.2 Å². The van der Waals surface area contributed by atoms with Crippen molar-refractivity contribution in [3.63, 3.8) is 0 Å². The molecule has 1 atom stereocenters. The van der Waals surface area contributed by atoms with Crippen molar-refractivity contribution in [1.29, 1.82) is 0 Å². The maximum absolute atomic E-state index is 11.6. The van der Waals surface area contributed by atoms with Gasteiger partial charge in [0.2, 0.25) is 5.89 Å². The van der Waals surface area contributed by atoms with E-state index in [0.29, 0.717) is 12.3 Å². The third-order valence-corrected chi connectivity index (χ3v) is 2.66. The molecule has 0 saturated carbocycles. The Morgan fingerprint density at radius 3 is 2.65 bits per heavy atom. The first-order chi connectivity index (χ1) is 9.42. The Morgan fingerprint density at radius 2 is 2.15 bits per heavy atom. The molecule has 20 heavy (non-hydrogen) atoms. The summed E-state index contributed by atoms with van der Waals surface area (Å²) in [7, 11) is 0. The summed E-state index contributed by atoms with van der Waals surface area (Å²) in [5.74, 6) is 0.270. The van der Waals surface area contributed by atoms with Gasteiger partial charge in [-0.1, -0.05) is 20.8 Å². The summed E-state index contributed by atoms with van der Waals surface area (Å²) in [5.41, 5.74) is 0. The lowest BCUT2D eigenvalue weighted by Gasteiger charge is -2.16. The summed E-state index contributed by atoms with van der Waals surface area (Å²) in [5, 5.41) is 14.0. The van der Waals surface area contributed by atoms with Crippen molar-refractivity contribution in [2.75, 3.05) is 0 Å². The van der Waals surface area contributed by atoms with E-state index in [0.717, 1.165) is 12.2 Å². The average Bonchev–Trinajstić information content (AvgIpc) is 2.83. The lowest BCUT2D eigenvalue weighted by molar-refractivity contribution is -0.139. The minimum atomic E-state index is -1.04. The summed E-state index contributed by atoms with van der Waals surface area (Å²) >= 11 is 0. The summed E-state index contributed by atoms with van der Waals surface area (Å²) in [4.78, 5) is 26.6. The fraction of sp³-hybridized carbons (Fsp3) is 0.615. The van der Waals surface area contributed by atoms with Crippen LogP contribution in [0.5, 0.6) is 0 Å². The first-order valence-corrected chi connectivity index (χ1v) is 6.63. The second kappa shape index (κ2) is 7.52. The molecule has 1 aromatic rings. The summed E-state index contributed by atoms with van der Waals surface area (Å²) in [6.45, 7) is 5.86. The molecule has 0 radical (unpaired) electrons. The Bertz CT molecular complexity index is 456. The Hall–Kier alpha value is -2.05. The molecule has 3 N–H and O–H groups in total. The number of aryl methyl sites for hydroxylation is 1. The topological polar surface area (TPSA) is 104 Å². The van der Waals surface area contributed by atoms with Gasteiger partial charge in [0, 0.05) is 6.42 Å². The zero-order valence-corrected chi connectivity index (χ0v) is 12.0. The van der Waals surface area contributed by atoms with E-state index in [1.54, 1.807) is 6.20 Å². The highest BCUT2D eigenvalue weighted by Crippen LogP contribution is 2.05. The molecule has 0 saturated heterocycles. The number of hydrogen-bond donors (Lipinski definition) is 3. The van der Waals surface area contributed by atoms with Crippen LogP contribution in [0.4, 0.5) is 4.79 Å². The number of nitrogens with one attached hydrogen (secondary N) is 2. The minimum absolute atomic E-state index is 0.125. The number of carboxylic acids is 1. The Labute approximate surface area is 117 Å². The van der Waals surface area contributed by atoms with Crippen LogP contribution >= 0.6 is 0 Å². The molecule has 112 valence electrons. The van der Waals surface area contributed by atoms with Gasteiger partial charge >= 0.3 is 12.0 Å². The highest BCUT2D eigenvalue weighted by atomic mass is 16.4. The fourth-order valence-corrected chi connectivity index (χ4v) is 1.65. The molecular formula is C13H21N3O4. The predicted molar refractivity (Wildman–Crippen MR) is 72.1 cm³/mol. The zero-order chi connectivity index (χ0) is 15.1. The Morgan fingerprint density at radius 1 is 1.45 bits per heavy atom. The number of oxazole rings is 1. The number of carbonyl (C=O) groups is 2. The molecule has 1 aromatic heterocycles. The van der Waals surface area contributed by atoms with E-state index in [-0.39, 0.29) is 12.5 Å². The van der Waals surface area contributed by atoms with Gasteiger partial charge in [-0.25, -0.2) is 14.6 Å². The van der Waals surface area contributed by atoms with E-state index in [1.165, 1.54) is 0 Å². The monoisotopic (exact) mass is 283 g/mol. The van der Waals surface area contributed by atoms with E-state index in [2.05, 4.69) is 15.6 Å². The number of hydrogen-bond acceptors (Lipinski definition) is 4. The van der Waals surface area contributed by atoms with Crippen LogP contribution in [-0.4, -0.2) is 28.1 Å². The van der Waals surface area contributed by atoms with Crippen molar-refractivity contribution in [2.24, 2.45) is 5.92 Å². The number of aromatic nitrogens is 1. The number of carboxylic acid groups (broad SMARTS) is 1. The fourth-order valence-electron chi connectivity index (χ4n) is 1.65. The van der Waals surface area contributed by atoms with Crippen LogP contribution in [0.3, 0.4) is 0 Å². The highest BCUT2D eigenvalue weighted by molar-refractivity contribution is 5.82. The van der Waals surface area contributed by atoms with Gasteiger partial charge in [-0.15, -0.1) is 0 Å². The molecule has 0 spiro atoms. The number of amides is 2. The standard InChI is InChI=1S/C13H21N3O4/c1-4-9-6-14-11(20-9)7-15-13(19)16-10(12(17)18)5-8(2)3/h6,8,10H,4-5,7H2,1-3H3,(H,17,18)(H2,15,16,19)/t10-/m1/s1. The largest absolute Gasteiger partial charge is 0.480 e. The molecule has 0 aliphatic carbocycles. The van der Waals surface area contributed by atoms with Gasteiger partial charge in [0.25, 0.3) is 0 Å². The van der Waals surface area contributed by atoms with Crippen LogP contribution in [0, 0.1) is 5.92 Å². The highest BCUT2D eigenvalue weighted by Gasteiger charge is 2.21. The second-order valence-electron chi connectivity index (χ2n) is 4.92. The van der Waals surface area contributed by atoms with Gasteiger partial charge in [-0.05, 0) is 12.3 Å². The molecule has 7 heteroatoms. The van der Waals surface area contributed by atoms with E-state index >= 15 is 0 Å². The number of aliphatic carboxylic acids is 1. The third kappa shape index (κ3) is 5.29. The zero-order valence-electron chi connectivity index (χ0n) is 12.0. The van der Waals surface area contributed by atoms with Crippen LogP contribution < -0.4 is 10.6 Å². The van der Waals surface area contributed by atoms with Crippen molar-refractivity contribution >= 4 is 12.0 Å². The van der Waals surface area contributed by atoms with Gasteiger partial charge in [0.05, 0.1) is 12.7 Å². The van der Waals surface area contributed by atoms with E-state index in [9.17, 15) is 9.59 Å². The third-order valence-electron chi connectivity index (χ3n) is 2.66.